The Bertz CT molecular complexity index is 395. The predicted molar refractivity (Wildman–Crippen MR) is 76.1 cm³/mol. The fourth-order valence-electron chi connectivity index (χ4n) is 2.46. The van der Waals surface area contributed by atoms with Crippen molar-refractivity contribution in [1.29, 1.82) is 0 Å². The van der Waals surface area contributed by atoms with Gasteiger partial charge in [0.1, 0.15) is 0 Å². The Kier molecular flexibility index (Phi) is 6.16. The maximum atomic E-state index is 12.1. The average Bonchev–Trinajstić information content (AvgIpc) is 2.38. The summed E-state index contributed by atoms with van der Waals surface area (Å²) in [7, 11) is 0. The zero-order valence-corrected chi connectivity index (χ0v) is 11.3. The van der Waals surface area contributed by atoms with Crippen LogP contribution in [0.2, 0.25) is 0 Å². The van der Waals surface area contributed by atoms with E-state index in [2.05, 4.69) is 17.4 Å². The minimum atomic E-state index is 0. The van der Waals surface area contributed by atoms with Crippen molar-refractivity contribution in [2.45, 2.75) is 31.6 Å². The topological polar surface area (TPSA) is 55.1 Å². The highest BCUT2D eigenvalue weighted by Gasteiger charge is 2.25. The maximum Gasteiger partial charge on any atom is 0.227 e. The van der Waals surface area contributed by atoms with E-state index < -0.39 is 0 Å². The van der Waals surface area contributed by atoms with Gasteiger partial charge in [-0.2, -0.15) is 0 Å². The smallest absolute Gasteiger partial charge is 0.227 e. The molecule has 18 heavy (non-hydrogen) atoms. The molecule has 1 amide bonds. The van der Waals surface area contributed by atoms with Crippen LogP contribution < -0.4 is 11.1 Å². The van der Waals surface area contributed by atoms with Crippen LogP contribution in [0.1, 0.15) is 36.3 Å². The van der Waals surface area contributed by atoms with Gasteiger partial charge in [0.05, 0.1) is 5.92 Å². The second kappa shape index (κ2) is 7.39. The number of nitrogens with two attached hydrogens (primary N) is 1. The first-order chi connectivity index (χ1) is 8.33. The zero-order chi connectivity index (χ0) is 12.1. The highest BCUT2D eigenvalue weighted by molar-refractivity contribution is 5.85. The molecular weight excluding hydrogens is 248 g/mol. The van der Waals surface area contributed by atoms with Gasteiger partial charge in [-0.05, 0) is 43.4 Å². The number of rotatable bonds is 4. The minimum absolute atomic E-state index is 0. The van der Waals surface area contributed by atoms with Crippen molar-refractivity contribution < 1.29 is 4.79 Å². The molecular formula is C14H21ClN2O. The number of carbonyl (C=O) groups is 1. The maximum absolute atomic E-state index is 12.1. The van der Waals surface area contributed by atoms with E-state index in [1.807, 2.05) is 12.1 Å². The standard InChI is InChI=1S/C14H20N2O.ClH/c15-9-4-10-16-14(17)13-8-3-6-11-5-1-2-7-12(11)13;/h1-2,5,7,13H,3-4,6,8-10,15H2,(H,16,17);1H. The fraction of sp³-hybridized carbons (Fsp3) is 0.500. The third-order valence-electron chi connectivity index (χ3n) is 3.37. The average molecular weight is 269 g/mol. The predicted octanol–water partition coefficient (Wildman–Crippen LogP) is 1.99. The molecule has 100 valence electrons. The van der Waals surface area contributed by atoms with Crippen molar-refractivity contribution in [3.8, 4) is 0 Å². The largest absolute Gasteiger partial charge is 0.356 e. The number of fused-ring (bicyclic) bond motifs is 1. The molecule has 1 aromatic rings. The summed E-state index contributed by atoms with van der Waals surface area (Å²) < 4.78 is 0. The van der Waals surface area contributed by atoms with Gasteiger partial charge in [0, 0.05) is 6.54 Å². The summed E-state index contributed by atoms with van der Waals surface area (Å²) in [6, 6.07) is 8.29. The number of amides is 1. The highest BCUT2D eigenvalue weighted by Crippen LogP contribution is 2.31. The van der Waals surface area contributed by atoms with Crippen LogP contribution in [-0.2, 0) is 11.2 Å². The number of aryl methyl sites for hydroxylation is 1. The summed E-state index contributed by atoms with van der Waals surface area (Å²) in [5.41, 5.74) is 7.96. The van der Waals surface area contributed by atoms with E-state index in [1.165, 1.54) is 11.1 Å². The Morgan fingerprint density at radius 1 is 1.39 bits per heavy atom. The summed E-state index contributed by atoms with van der Waals surface area (Å²) in [5.74, 6) is 0.198. The second-order valence-electron chi connectivity index (χ2n) is 4.58. The van der Waals surface area contributed by atoms with E-state index in [-0.39, 0.29) is 24.2 Å². The Hall–Kier alpha value is -1.06. The number of benzene rings is 1. The third kappa shape index (κ3) is 3.47. The molecule has 1 aliphatic carbocycles. The molecule has 1 unspecified atom stereocenters. The van der Waals surface area contributed by atoms with Crippen LogP contribution in [0.5, 0.6) is 0 Å². The van der Waals surface area contributed by atoms with Gasteiger partial charge in [0.25, 0.3) is 0 Å². The molecule has 3 nitrogen and oxygen atoms in total. The molecule has 3 N–H and O–H groups in total. The van der Waals surface area contributed by atoms with Crippen molar-refractivity contribution in [2.24, 2.45) is 5.73 Å². The highest BCUT2D eigenvalue weighted by atomic mass is 35.5. The van der Waals surface area contributed by atoms with Crippen LogP contribution in [0.3, 0.4) is 0 Å². The van der Waals surface area contributed by atoms with Crippen molar-refractivity contribution in [3.63, 3.8) is 0 Å². The Balaban J connectivity index is 0.00000162. The van der Waals surface area contributed by atoms with Gasteiger partial charge in [0.2, 0.25) is 5.91 Å². The molecule has 0 fully saturated rings. The van der Waals surface area contributed by atoms with Gasteiger partial charge in [-0.25, -0.2) is 0 Å². The molecule has 4 heteroatoms. The molecule has 0 aliphatic heterocycles. The minimum Gasteiger partial charge on any atom is -0.356 e. The molecule has 2 rings (SSSR count). The summed E-state index contributed by atoms with van der Waals surface area (Å²) >= 11 is 0. The van der Waals surface area contributed by atoms with Crippen molar-refractivity contribution in [3.05, 3.63) is 35.4 Å². The SMILES string of the molecule is Cl.NCCCNC(=O)C1CCCc2ccccc21. The van der Waals surface area contributed by atoms with E-state index in [1.54, 1.807) is 0 Å². The molecule has 0 heterocycles. The molecule has 0 bridgehead atoms. The van der Waals surface area contributed by atoms with Crippen molar-refractivity contribution in [1.82, 2.24) is 5.32 Å². The lowest BCUT2D eigenvalue weighted by Gasteiger charge is -2.24. The Labute approximate surface area is 115 Å². The monoisotopic (exact) mass is 268 g/mol. The molecule has 1 aromatic carbocycles. The van der Waals surface area contributed by atoms with Gasteiger partial charge >= 0.3 is 0 Å². The fourth-order valence-corrected chi connectivity index (χ4v) is 2.46. The summed E-state index contributed by atoms with van der Waals surface area (Å²) in [6.45, 7) is 1.32. The van der Waals surface area contributed by atoms with Crippen molar-refractivity contribution >= 4 is 18.3 Å². The first-order valence-electron chi connectivity index (χ1n) is 6.38. The van der Waals surface area contributed by atoms with E-state index >= 15 is 0 Å². The van der Waals surface area contributed by atoms with Gasteiger partial charge in [0.15, 0.2) is 0 Å². The second-order valence-corrected chi connectivity index (χ2v) is 4.58. The lowest BCUT2D eigenvalue weighted by molar-refractivity contribution is -0.122. The normalized spacial score (nSPS) is 17.5. The molecule has 0 aromatic heterocycles. The number of hydrogen-bond donors (Lipinski definition) is 2. The molecule has 0 saturated heterocycles. The molecule has 1 atom stereocenters. The number of carbonyl (C=O) groups excluding carboxylic acids is 1. The van der Waals surface area contributed by atoms with E-state index in [4.69, 9.17) is 5.73 Å². The molecule has 1 aliphatic rings. The van der Waals surface area contributed by atoms with Gasteiger partial charge in [-0.1, -0.05) is 24.3 Å². The van der Waals surface area contributed by atoms with Crippen LogP contribution >= 0.6 is 12.4 Å². The Morgan fingerprint density at radius 2 is 2.17 bits per heavy atom. The van der Waals surface area contributed by atoms with E-state index in [0.29, 0.717) is 13.1 Å². The molecule has 0 spiro atoms. The number of nitrogens with one attached hydrogen (secondary N) is 1. The van der Waals surface area contributed by atoms with Crippen LogP contribution in [-0.4, -0.2) is 19.0 Å². The first kappa shape index (κ1) is 15.0. The molecule has 0 saturated carbocycles. The van der Waals surface area contributed by atoms with Crippen molar-refractivity contribution in [2.75, 3.05) is 13.1 Å². The van der Waals surface area contributed by atoms with Crippen LogP contribution in [0.4, 0.5) is 0 Å². The lowest BCUT2D eigenvalue weighted by atomic mass is 9.82. The first-order valence-corrected chi connectivity index (χ1v) is 6.38. The van der Waals surface area contributed by atoms with E-state index in [0.717, 1.165) is 25.7 Å². The Morgan fingerprint density at radius 3 is 2.94 bits per heavy atom. The van der Waals surface area contributed by atoms with Gasteiger partial charge < -0.3 is 11.1 Å². The molecule has 0 radical (unpaired) electrons. The summed E-state index contributed by atoms with van der Waals surface area (Å²) in [5, 5.41) is 2.98. The van der Waals surface area contributed by atoms with Gasteiger partial charge in [-0.15, -0.1) is 12.4 Å². The number of halogens is 1. The van der Waals surface area contributed by atoms with Gasteiger partial charge in [-0.3, -0.25) is 4.79 Å². The van der Waals surface area contributed by atoms with Crippen LogP contribution in [0, 0.1) is 0 Å². The third-order valence-corrected chi connectivity index (χ3v) is 3.37. The lowest BCUT2D eigenvalue weighted by Crippen LogP contribution is -2.32. The quantitative estimate of drug-likeness (QED) is 0.821. The van der Waals surface area contributed by atoms with Crippen LogP contribution in [0.15, 0.2) is 24.3 Å². The zero-order valence-electron chi connectivity index (χ0n) is 10.5. The summed E-state index contributed by atoms with van der Waals surface area (Å²) in [4.78, 5) is 12.1. The van der Waals surface area contributed by atoms with E-state index in [9.17, 15) is 4.79 Å². The van der Waals surface area contributed by atoms with Crippen LogP contribution in [0.25, 0.3) is 0 Å². The number of hydrogen-bond acceptors (Lipinski definition) is 2. The summed E-state index contributed by atoms with van der Waals surface area (Å²) in [6.07, 6.45) is 4.01.